The molecule has 0 aliphatic carbocycles. The van der Waals surface area contributed by atoms with Crippen molar-refractivity contribution in [3.8, 4) is 0 Å². The predicted octanol–water partition coefficient (Wildman–Crippen LogP) is 0.862. The zero-order valence-electron chi connectivity index (χ0n) is 12.9. The van der Waals surface area contributed by atoms with Crippen LogP contribution in [0.15, 0.2) is 23.1 Å². The molecule has 1 aromatic carbocycles. The van der Waals surface area contributed by atoms with Gasteiger partial charge in [0.15, 0.2) is 0 Å². The molecular weight excluding hydrogens is 364 g/mol. The SMILES string of the molecule is Cl.NCCNC(=O)C1CCN(S(=O)(=O)c2cc(F)ccc2F)CC1. The van der Waals surface area contributed by atoms with Crippen molar-refractivity contribution < 1.29 is 22.0 Å². The fraction of sp³-hybridized carbons (Fsp3) is 0.500. The first-order valence-electron chi connectivity index (χ1n) is 7.29. The average molecular weight is 384 g/mol. The second kappa shape index (κ2) is 8.70. The number of hydrogen-bond acceptors (Lipinski definition) is 4. The molecule has 0 unspecified atom stereocenters. The zero-order valence-corrected chi connectivity index (χ0v) is 14.5. The summed E-state index contributed by atoms with van der Waals surface area (Å²) >= 11 is 0. The highest BCUT2D eigenvalue weighted by atomic mass is 35.5. The van der Waals surface area contributed by atoms with Crippen molar-refractivity contribution in [3.63, 3.8) is 0 Å². The number of nitrogens with two attached hydrogens (primary N) is 1. The maximum Gasteiger partial charge on any atom is 0.246 e. The van der Waals surface area contributed by atoms with E-state index < -0.39 is 26.6 Å². The smallest absolute Gasteiger partial charge is 0.246 e. The summed E-state index contributed by atoms with van der Waals surface area (Å²) < 4.78 is 52.8. The van der Waals surface area contributed by atoms with Gasteiger partial charge >= 0.3 is 0 Å². The topological polar surface area (TPSA) is 92.5 Å². The summed E-state index contributed by atoms with van der Waals surface area (Å²) in [7, 11) is -4.11. The van der Waals surface area contributed by atoms with Crippen LogP contribution in [-0.4, -0.2) is 44.8 Å². The van der Waals surface area contributed by atoms with Crippen molar-refractivity contribution in [2.75, 3.05) is 26.2 Å². The second-order valence-corrected chi connectivity index (χ2v) is 7.24. The quantitative estimate of drug-likeness (QED) is 0.788. The molecule has 1 amide bonds. The van der Waals surface area contributed by atoms with Crippen LogP contribution in [0.5, 0.6) is 0 Å². The fourth-order valence-corrected chi connectivity index (χ4v) is 4.06. The molecule has 0 spiro atoms. The molecule has 1 aliphatic heterocycles. The van der Waals surface area contributed by atoms with E-state index in [1.807, 2.05) is 0 Å². The van der Waals surface area contributed by atoms with E-state index in [0.29, 0.717) is 32.0 Å². The molecule has 0 saturated carbocycles. The third kappa shape index (κ3) is 4.62. The van der Waals surface area contributed by atoms with Crippen molar-refractivity contribution in [1.29, 1.82) is 0 Å². The third-order valence-corrected chi connectivity index (χ3v) is 5.69. The number of halogens is 3. The molecular formula is C14H20ClF2N3O3S. The number of piperidine rings is 1. The van der Waals surface area contributed by atoms with E-state index in [9.17, 15) is 22.0 Å². The molecule has 0 atom stereocenters. The minimum Gasteiger partial charge on any atom is -0.355 e. The Kier molecular flexibility index (Phi) is 7.53. The number of hydrogen-bond donors (Lipinski definition) is 2. The summed E-state index contributed by atoms with van der Waals surface area (Å²) in [5, 5.41) is 2.66. The van der Waals surface area contributed by atoms with Crippen molar-refractivity contribution >= 4 is 28.3 Å². The van der Waals surface area contributed by atoms with Crippen LogP contribution < -0.4 is 11.1 Å². The number of carbonyl (C=O) groups excluding carboxylic acids is 1. The monoisotopic (exact) mass is 383 g/mol. The minimum atomic E-state index is -4.11. The van der Waals surface area contributed by atoms with Gasteiger partial charge in [-0.15, -0.1) is 12.4 Å². The maximum absolute atomic E-state index is 13.7. The Balaban J connectivity index is 0.00000288. The molecule has 6 nitrogen and oxygen atoms in total. The molecule has 10 heteroatoms. The van der Waals surface area contributed by atoms with Gasteiger partial charge in [-0.1, -0.05) is 0 Å². The number of benzene rings is 1. The lowest BCUT2D eigenvalue weighted by atomic mass is 9.97. The minimum absolute atomic E-state index is 0. The van der Waals surface area contributed by atoms with Crippen molar-refractivity contribution in [1.82, 2.24) is 9.62 Å². The van der Waals surface area contributed by atoms with Gasteiger partial charge in [0.25, 0.3) is 0 Å². The highest BCUT2D eigenvalue weighted by Gasteiger charge is 2.33. The van der Waals surface area contributed by atoms with Gasteiger partial charge in [-0.05, 0) is 31.0 Å². The van der Waals surface area contributed by atoms with Gasteiger partial charge in [0.05, 0.1) is 0 Å². The Morgan fingerprint density at radius 1 is 1.29 bits per heavy atom. The summed E-state index contributed by atoms with van der Waals surface area (Å²) in [5.41, 5.74) is 5.31. The standard InChI is InChI=1S/C14H19F2N3O3S.ClH/c15-11-1-2-12(16)13(9-11)23(21,22)19-7-3-10(4-8-19)14(20)18-6-5-17;/h1-2,9-10H,3-8,17H2,(H,18,20);1H. The molecule has 1 aliphatic rings. The molecule has 0 aromatic heterocycles. The number of carbonyl (C=O) groups is 1. The first kappa shape index (κ1) is 20.8. The lowest BCUT2D eigenvalue weighted by Gasteiger charge is -2.30. The second-order valence-electron chi connectivity index (χ2n) is 5.33. The molecule has 1 saturated heterocycles. The first-order valence-corrected chi connectivity index (χ1v) is 8.73. The van der Waals surface area contributed by atoms with Gasteiger partial charge in [0.1, 0.15) is 16.5 Å². The Labute approximate surface area is 145 Å². The summed E-state index contributed by atoms with van der Waals surface area (Å²) in [4.78, 5) is 11.2. The van der Waals surface area contributed by atoms with Gasteiger partial charge in [-0.2, -0.15) is 4.31 Å². The molecule has 3 N–H and O–H groups in total. The number of sulfonamides is 1. The van der Waals surface area contributed by atoms with Crippen molar-refractivity contribution in [2.24, 2.45) is 11.7 Å². The molecule has 1 heterocycles. The lowest BCUT2D eigenvalue weighted by molar-refractivity contribution is -0.126. The molecule has 1 aromatic rings. The van der Waals surface area contributed by atoms with E-state index in [1.165, 1.54) is 0 Å². The number of nitrogens with zero attached hydrogens (tertiary/aromatic N) is 1. The molecule has 24 heavy (non-hydrogen) atoms. The van der Waals surface area contributed by atoms with Crippen LogP contribution in [0, 0.1) is 17.6 Å². The summed E-state index contributed by atoms with van der Waals surface area (Å²) in [6.07, 6.45) is 0.652. The van der Waals surface area contributed by atoms with Gasteiger partial charge in [-0.3, -0.25) is 4.79 Å². The highest BCUT2D eigenvalue weighted by molar-refractivity contribution is 7.89. The van der Waals surface area contributed by atoms with Crippen molar-refractivity contribution in [2.45, 2.75) is 17.7 Å². The van der Waals surface area contributed by atoms with Gasteiger partial charge in [-0.25, -0.2) is 17.2 Å². The third-order valence-electron chi connectivity index (χ3n) is 3.78. The fourth-order valence-electron chi connectivity index (χ4n) is 2.51. The predicted molar refractivity (Wildman–Crippen MR) is 87.2 cm³/mol. The van der Waals surface area contributed by atoms with Crippen LogP contribution in [-0.2, 0) is 14.8 Å². The maximum atomic E-state index is 13.7. The normalized spacial score (nSPS) is 16.5. The van der Waals surface area contributed by atoms with E-state index in [-0.39, 0.29) is 37.3 Å². The van der Waals surface area contributed by atoms with Crippen LogP contribution in [0.25, 0.3) is 0 Å². The number of rotatable bonds is 5. The zero-order chi connectivity index (χ0) is 17.0. The van der Waals surface area contributed by atoms with Crippen LogP contribution in [0.1, 0.15) is 12.8 Å². The van der Waals surface area contributed by atoms with E-state index >= 15 is 0 Å². The Bertz CT molecular complexity index is 680. The highest BCUT2D eigenvalue weighted by Crippen LogP contribution is 2.26. The van der Waals surface area contributed by atoms with Crippen LogP contribution in [0.3, 0.4) is 0 Å². The summed E-state index contributed by atoms with van der Waals surface area (Å²) in [6.45, 7) is 0.863. The summed E-state index contributed by atoms with van der Waals surface area (Å²) in [6, 6.07) is 2.32. The molecule has 0 radical (unpaired) electrons. The van der Waals surface area contributed by atoms with E-state index in [4.69, 9.17) is 5.73 Å². The Morgan fingerprint density at radius 2 is 1.92 bits per heavy atom. The average Bonchev–Trinajstić information content (AvgIpc) is 2.54. The molecule has 1 fully saturated rings. The number of amides is 1. The molecule has 136 valence electrons. The van der Waals surface area contributed by atoms with Crippen LogP contribution >= 0.6 is 12.4 Å². The molecule has 0 bridgehead atoms. The van der Waals surface area contributed by atoms with Crippen molar-refractivity contribution in [3.05, 3.63) is 29.8 Å². The van der Waals surface area contributed by atoms with E-state index in [2.05, 4.69) is 5.32 Å². The summed E-state index contributed by atoms with van der Waals surface area (Å²) in [5.74, 6) is -2.27. The van der Waals surface area contributed by atoms with Gasteiger partial charge in [0, 0.05) is 32.1 Å². The Morgan fingerprint density at radius 3 is 2.50 bits per heavy atom. The van der Waals surface area contributed by atoms with Crippen LogP contribution in [0.4, 0.5) is 8.78 Å². The molecule has 2 rings (SSSR count). The van der Waals surface area contributed by atoms with E-state index in [0.717, 1.165) is 16.4 Å². The largest absolute Gasteiger partial charge is 0.355 e. The van der Waals surface area contributed by atoms with Gasteiger partial charge in [0.2, 0.25) is 15.9 Å². The number of nitrogens with one attached hydrogen (secondary N) is 1. The van der Waals surface area contributed by atoms with Crippen LogP contribution in [0.2, 0.25) is 0 Å². The van der Waals surface area contributed by atoms with Gasteiger partial charge < -0.3 is 11.1 Å². The first-order chi connectivity index (χ1) is 10.9. The Hall–Kier alpha value is -1.29. The van der Waals surface area contributed by atoms with E-state index in [1.54, 1.807) is 0 Å². The lowest BCUT2D eigenvalue weighted by Crippen LogP contribution is -2.43.